The minimum Gasteiger partial charge on any atom is -0.461 e. The molecule has 12 heteroatoms. The van der Waals surface area contributed by atoms with Crippen molar-refractivity contribution in [3.8, 4) is 17.3 Å². The van der Waals surface area contributed by atoms with Crippen LogP contribution in [-0.4, -0.2) is 62.6 Å². The lowest BCUT2D eigenvalue weighted by atomic mass is 10.0. The molecule has 3 aromatic heterocycles. The first kappa shape index (κ1) is 23.3. The molecule has 0 saturated carbocycles. The van der Waals surface area contributed by atoms with Gasteiger partial charge in [-0.2, -0.15) is 0 Å². The molecule has 2 aliphatic rings. The number of aromatic nitrogens is 4. The number of rotatable bonds is 6. The highest BCUT2D eigenvalue weighted by Gasteiger charge is 2.41. The van der Waals surface area contributed by atoms with Gasteiger partial charge in [-0.1, -0.05) is 11.8 Å². The van der Waals surface area contributed by atoms with E-state index in [-0.39, 0.29) is 11.7 Å². The number of carbonyl (C=O) groups excluding carboxylic acids is 1. The average molecular weight is 528 g/mol. The summed E-state index contributed by atoms with van der Waals surface area (Å²) in [7, 11) is 0. The van der Waals surface area contributed by atoms with E-state index >= 15 is 0 Å². The molecular formula is C24H22FN5O4S2. The first-order valence-corrected chi connectivity index (χ1v) is 13.4. The second kappa shape index (κ2) is 9.77. The molecule has 36 heavy (non-hydrogen) atoms. The van der Waals surface area contributed by atoms with E-state index in [9.17, 15) is 9.18 Å². The summed E-state index contributed by atoms with van der Waals surface area (Å²) in [6.07, 6.45) is 2.90. The third-order valence-corrected chi connectivity index (χ3v) is 8.15. The van der Waals surface area contributed by atoms with Gasteiger partial charge in [0.15, 0.2) is 16.7 Å². The second-order valence-electron chi connectivity index (χ2n) is 8.41. The van der Waals surface area contributed by atoms with E-state index in [1.807, 2.05) is 9.47 Å². The zero-order valence-electron chi connectivity index (χ0n) is 19.1. The maximum absolute atomic E-state index is 13.5. The maximum atomic E-state index is 13.5. The van der Waals surface area contributed by atoms with Gasteiger partial charge in [-0.15, -0.1) is 21.5 Å². The number of furan rings is 1. The standard InChI is InChI=1S/C24H22FN5O4S2/c25-16-3-5-17(6-4-16)30-21(19-2-1-11-32-19)27-28-23(30)36-15-20-26-18(14-35-20)22(31)29-9-7-24(8-10-29)33-12-13-34-24/h1-6,11,14H,7-10,12-13,15H2. The monoisotopic (exact) mass is 527 g/mol. The molecule has 1 amide bonds. The SMILES string of the molecule is O=C(c1csc(CSc2nnc(-c3ccco3)n2-c2ccc(F)cc2)n1)N1CCC2(CC1)OCCO2. The van der Waals surface area contributed by atoms with Gasteiger partial charge in [-0.3, -0.25) is 9.36 Å². The van der Waals surface area contributed by atoms with Crippen LogP contribution in [0.1, 0.15) is 28.3 Å². The third kappa shape index (κ3) is 4.57. The van der Waals surface area contributed by atoms with Crippen LogP contribution >= 0.6 is 23.1 Å². The largest absolute Gasteiger partial charge is 0.461 e. The molecule has 0 atom stereocenters. The van der Waals surface area contributed by atoms with Crippen molar-refractivity contribution in [2.45, 2.75) is 29.5 Å². The van der Waals surface area contributed by atoms with Crippen LogP contribution in [0.5, 0.6) is 0 Å². The van der Waals surface area contributed by atoms with Gasteiger partial charge in [0.25, 0.3) is 5.91 Å². The minimum absolute atomic E-state index is 0.0788. The zero-order valence-corrected chi connectivity index (χ0v) is 20.8. The van der Waals surface area contributed by atoms with E-state index in [2.05, 4.69) is 15.2 Å². The van der Waals surface area contributed by atoms with Crippen molar-refractivity contribution in [1.29, 1.82) is 0 Å². The van der Waals surface area contributed by atoms with Gasteiger partial charge in [0.1, 0.15) is 16.5 Å². The smallest absolute Gasteiger partial charge is 0.273 e. The minimum atomic E-state index is -0.518. The molecule has 0 radical (unpaired) electrons. The molecule has 0 bridgehead atoms. The van der Waals surface area contributed by atoms with Crippen molar-refractivity contribution in [2.75, 3.05) is 26.3 Å². The molecular weight excluding hydrogens is 505 g/mol. The van der Waals surface area contributed by atoms with Gasteiger partial charge in [0, 0.05) is 31.3 Å². The predicted molar refractivity (Wildman–Crippen MR) is 130 cm³/mol. The lowest BCUT2D eigenvalue weighted by Crippen LogP contribution is -2.47. The maximum Gasteiger partial charge on any atom is 0.273 e. The Labute approximate surface area is 214 Å². The Bertz CT molecular complexity index is 1340. The summed E-state index contributed by atoms with van der Waals surface area (Å²) in [5.74, 6) is 0.646. The number of thioether (sulfide) groups is 1. The fourth-order valence-corrected chi connectivity index (χ4v) is 6.09. The quantitative estimate of drug-likeness (QED) is 0.341. The van der Waals surface area contributed by atoms with Crippen LogP contribution in [0.25, 0.3) is 17.3 Å². The van der Waals surface area contributed by atoms with Crippen molar-refractivity contribution in [1.82, 2.24) is 24.6 Å². The van der Waals surface area contributed by atoms with Gasteiger partial charge in [-0.05, 0) is 36.4 Å². The molecule has 6 rings (SSSR count). The van der Waals surface area contributed by atoms with E-state index in [1.54, 1.807) is 35.9 Å². The summed E-state index contributed by atoms with van der Waals surface area (Å²) in [6.45, 7) is 2.38. The molecule has 2 fully saturated rings. The number of thiazole rings is 1. The third-order valence-electron chi connectivity index (χ3n) is 6.18. The van der Waals surface area contributed by atoms with Crippen LogP contribution in [0.3, 0.4) is 0 Å². The number of piperidine rings is 1. The Hall–Kier alpha value is -3.06. The molecule has 0 unspecified atom stereocenters. The van der Waals surface area contributed by atoms with Gasteiger partial charge < -0.3 is 18.8 Å². The van der Waals surface area contributed by atoms with Crippen molar-refractivity contribution < 1.29 is 23.1 Å². The van der Waals surface area contributed by atoms with Crippen LogP contribution in [0.2, 0.25) is 0 Å². The molecule has 186 valence electrons. The summed E-state index contributed by atoms with van der Waals surface area (Å²) in [5.41, 5.74) is 1.15. The van der Waals surface area contributed by atoms with E-state index in [0.717, 1.165) is 5.01 Å². The fraction of sp³-hybridized carbons (Fsp3) is 0.333. The van der Waals surface area contributed by atoms with E-state index in [1.165, 1.54) is 35.2 Å². The van der Waals surface area contributed by atoms with Crippen LogP contribution in [-0.2, 0) is 15.2 Å². The number of halogens is 1. The highest BCUT2D eigenvalue weighted by Crippen LogP contribution is 2.33. The summed E-state index contributed by atoms with van der Waals surface area (Å²) in [4.78, 5) is 19.4. The Morgan fingerprint density at radius 2 is 1.89 bits per heavy atom. The van der Waals surface area contributed by atoms with Crippen LogP contribution in [0.4, 0.5) is 4.39 Å². The number of benzene rings is 1. The molecule has 2 aliphatic heterocycles. The van der Waals surface area contributed by atoms with E-state index < -0.39 is 5.79 Å². The Balaban J connectivity index is 1.16. The number of likely N-dealkylation sites (tertiary alicyclic amines) is 1. The van der Waals surface area contributed by atoms with Gasteiger partial charge in [0.05, 0.1) is 30.9 Å². The van der Waals surface area contributed by atoms with Gasteiger partial charge >= 0.3 is 0 Å². The summed E-state index contributed by atoms with van der Waals surface area (Å²) >= 11 is 2.87. The van der Waals surface area contributed by atoms with Crippen molar-refractivity contribution in [3.05, 3.63) is 64.6 Å². The molecule has 0 N–H and O–H groups in total. The van der Waals surface area contributed by atoms with Crippen molar-refractivity contribution in [2.24, 2.45) is 0 Å². The Kier molecular flexibility index (Phi) is 6.34. The molecule has 1 aromatic carbocycles. The second-order valence-corrected chi connectivity index (χ2v) is 10.3. The number of nitrogens with zero attached hydrogens (tertiary/aromatic N) is 5. The van der Waals surface area contributed by atoms with Crippen molar-refractivity contribution in [3.63, 3.8) is 0 Å². The fourth-order valence-electron chi connectivity index (χ4n) is 4.35. The Morgan fingerprint density at radius 1 is 1.11 bits per heavy atom. The average Bonchev–Trinajstić information content (AvgIpc) is 3.71. The summed E-state index contributed by atoms with van der Waals surface area (Å²) in [6, 6.07) is 9.68. The molecule has 2 saturated heterocycles. The van der Waals surface area contributed by atoms with Crippen molar-refractivity contribution >= 4 is 29.0 Å². The number of carbonyl (C=O) groups is 1. The number of hydrogen-bond acceptors (Lipinski definition) is 9. The lowest BCUT2D eigenvalue weighted by Gasteiger charge is -2.37. The highest BCUT2D eigenvalue weighted by molar-refractivity contribution is 7.98. The molecule has 0 aliphatic carbocycles. The summed E-state index contributed by atoms with van der Waals surface area (Å²) in [5, 5.41) is 11.8. The first-order valence-electron chi connectivity index (χ1n) is 11.5. The van der Waals surface area contributed by atoms with E-state index in [0.29, 0.717) is 73.0 Å². The normalized spacial score (nSPS) is 17.2. The number of amides is 1. The first-order chi connectivity index (χ1) is 17.6. The lowest BCUT2D eigenvalue weighted by molar-refractivity contribution is -0.181. The zero-order chi connectivity index (χ0) is 24.5. The Morgan fingerprint density at radius 3 is 2.61 bits per heavy atom. The highest BCUT2D eigenvalue weighted by atomic mass is 32.2. The molecule has 4 aromatic rings. The van der Waals surface area contributed by atoms with Gasteiger partial charge in [-0.25, -0.2) is 9.37 Å². The van der Waals surface area contributed by atoms with E-state index in [4.69, 9.17) is 13.9 Å². The number of ether oxygens (including phenoxy) is 2. The molecule has 5 heterocycles. The van der Waals surface area contributed by atoms with Gasteiger partial charge in [0.2, 0.25) is 5.82 Å². The number of hydrogen-bond donors (Lipinski definition) is 0. The van der Waals surface area contributed by atoms with Crippen LogP contribution < -0.4 is 0 Å². The molecule has 9 nitrogen and oxygen atoms in total. The molecule has 1 spiro atoms. The van der Waals surface area contributed by atoms with Crippen LogP contribution in [0, 0.1) is 5.82 Å². The predicted octanol–water partition coefficient (Wildman–Crippen LogP) is 4.39. The van der Waals surface area contributed by atoms with Crippen LogP contribution in [0.15, 0.2) is 57.6 Å². The summed E-state index contributed by atoms with van der Waals surface area (Å²) < 4.78 is 32.4. The topological polar surface area (TPSA) is 95.5 Å².